The van der Waals surface area contributed by atoms with Gasteiger partial charge in [0.15, 0.2) is 0 Å². The summed E-state index contributed by atoms with van der Waals surface area (Å²) < 4.78 is 0. The average molecular weight is 252 g/mol. The van der Waals surface area contributed by atoms with Gasteiger partial charge < -0.3 is 10.2 Å². The van der Waals surface area contributed by atoms with E-state index in [2.05, 4.69) is 34.0 Å². The summed E-state index contributed by atoms with van der Waals surface area (Å²) in [7, 11) is 0. The van der Waals surface area contributed by atoms with Crippen LogP contribution >= 0.6 is 11.3 Å². The molecule has 1 N–H and O–H groups in total. The highest BCUT2D eigenvalue weighted by molar-refractivity contribution is 7.07. The van der Waals surface area contributed by atoms with Crippen LogP contribution in [-0.2, 0) is 6.42 Å². The number of likely N-dealkylation sites (tertiary alicyclic amines) is 1. The second-order valence-electron chi connectivity index (χ2n) is 4.90. The molecule has 2 nitrogen and oxygen atoms in total. The Morgan fingerprint density at radius 1 is 1.41 bits per heavy atom. The molecule has 17 heavy (non-hydrogen) atoms. The molecule has 1 fully saturated rings. The molecule has 0 saturated carbocycles. The molecular weight excluding hydrogens is 228 g/mol. The van der Waals surface area contributed by atoms with Gasteiger partial charge in [-0.15, -0.1) is 0 Å². The molecule has 1 aromatic heterocycles. The van der Waals surface area contributed by atoms with Crippen LogP contribution in [0.5, 0.6) is 0 Å². The lowest BCUT2D eigenvalue weighted by molar-refractivity contribution is 0.297. The summed E-state index contributed by atoms with van der Waals surface area (Å²) in [6.07, 6.45) is 5.19. The molecule has 1 saturated heterocycles. The number of nitrogens with one attached hydrogen (secondary N) is 1. The lowest BCUT2D eigenvalue weighted by Gasteiger charge is -2.18. The zero-order chi connectivity index (χ0) is 11.9. The van der Waals surface area contributed by atoms with Crippen molar-refractivity contribution in [3.05, 3.63) is 22.4 Å². The summed E-state index contributed by atoms with van der Waals surface area (Å²) in [6.45, 7) is 7.17. The Morgan fingerprint density at radius 2 is 2.35 bits per heavy atom. The highest BCUT2D eigenvalue weighted by atomic mass is 32.1. The van der Waals surface area contributed by atoms with Crippen molar-refractivity contribution in [1.29, 1.82) is 0 Å². The Morgan fingerprint density at radius 3 is 3.12 bits per heavy atom. The Labute approximate surface area is 109 Å². The summed E-state index contributed by atoms with van der Waals surface area (Å²) in [5, 5.41) is 8.15. The van der Waals surface area contributed by atoms with Gasteiger partial charge in [0.05, 0.1) is 0 Å². The normalized spacial score (nSPS) is 22.5. The summed E-state index contributed by atoms with van der Waals surface area (Å²) in [6, 6.07) is 2.98. The monoisotopic (exact) mass is 252 g/mol. The number of hydrogen-bond acceptors (Lipinski definition) is 3. The summed E-state index contributed by atoms with van der Waals surface area (Å²) in [5.41, 5.74) is 1.48. The van der Waals surface area contributed by atoms with Crippen LogP contribution in [0.25, 0.3) is 0 Å². The minimum atomic E-state index is 0.741. The van der Waals surface area contributed by atoms with Crippen molar-refractivity contribution >= 4 is 11.3 Å². The summed E-state index contributed by atoms with van der Waals surface area (Å²) in [4.78, 5) is 2.57. The van der Waals surface area contributed by atoms with Gasteiger partial charge in [-0.3, -0.25) is 0 Å². The molecule has 0 amide bonds. The van der Waals surface area contributed by atoms with E-state index in [0.717, 1.165) is 12.6 Å². The fourth-order valence-electron chi connectivity index (χ4n) is 2.53. The molecule has 0 radical (unpaired) electrons. The quantitative estimate of drug-likeness (QED) is 0.867. The Bertz CT molecular complexity index is 297. The van der Waals surface area contributed by atoms with Gasteiger partial charge >= 0.3 is 0 Å². The van der Waals surface area contributed by atoms with Crippen molar-refractivity contribution in [1.82, 2.24) is 10.2 Å². The number of hydrogen-bond donors (Lipinski definition) is 1. The molecule has 0 aliphatic carbocycles. The van der Waals surface area contributed by atoms with E-state index in [1.165, 1.54) is 50.9 Å². The van der Waals surface area contributed by atoms with Crippen molar-refractivity contribution in [3.8, 4) is 0 Å². The molecule has 96 valence electrons. The number of rotatable bonds is 5. The molecule has 0 aromatic carbocycles. The molecular formula is C14H24N2S. The van der Waals surface area contributed by atoms with E-state index in [-0.39, 0.29) is 0 Å². The van der Waals surface area contributed by atoms with Crippen LogP contribution in [0.2, 0.25) is 0 Å². The van der Waals surface area contributed by atoms with E-state index in [9.17, 15) is 0 Å². The molecule has 0 spiro atoms. The molecule has 1 unspecified atom stereocenters. The van der Waals surface area contributed by atoms with Crippen molar-refractivity contribution in [2.24, 2.45) is 0 Å². The van der Waals surface area contributed by atoms with E-state index in [1.54, 1.807) is 11.3 Å². The zero-order valence-corrected chi connectivity index (χ0v) is 11.6. The van der Waals surface area contributed by atoms with Crippen molar-refractivity contribution < 1.29 is 0 Å². The first kappa shape index (κ1) is 13.1. The van der Waals surface area contributed by atoms with Crippen molar-refractivity contribution in [2.45, 2.75) is 38.6 Å². The van der Waals surface area contributed by atoms with Crippen molar-refractivity contribution in [3.63, 3.8) is 0 Å². The van der Waals surface area contributed by atoms with Crippen LogP contribution in [0.4, 0.5) is 0 Å². The van der Waals surface area contributed by atoms with Crippen LogP contribution in [0.3, 0.4) is 0 Å². The number of thiophene rings is 1. The van der Waals surface area contributed by atoms with Crippen LogP contribution in [-0.4, -0.2) is 37.1 Å². The fraction of sp³-hybridized carbons (Fsp3) is 0.714. The molecule has 1 atom stereocenters. The predicted octanol–water partition coefficient (Wildman–Crippen LogP) is 2.75. The van der Waals surface area contributed by atoms with Gasteiger partial charge in [0.1, 0.15) is 0 Å². The van der Waals surface area contributed by atoms with Crippen LogP contribution < -0.4 is 5.32 Å². The standard InChI is InChI=1S/C14H24N2S/c1-2-16-9-3-4-14(6-10-16)15-8-5-13-7-11-17-12-13/h7,11-12,14-15H,2-6,8-10H2,1H3. The van der Waals surface area contributed by atoms with Crippen molar-refractivity contribution in [2.75, 3.05) is 26.2 Å². The third-order valence-electron chi connectivity index (χ3n) is 3.69. The smallest absolute Gasteiger partial charge is 0.00798 e. The Balaban J connectivity index is 1.65. The van der Waals surface area contributed by atoms with E-state index >= 15 is 0 Å². The third kappa shape index (κ3) is 4.41. The lowest BCUT2D eigenvalue weighted by Crippen LogP contribution is -2.32. The van der Waals surface area contributed by atoms with E-state index < -0.39 is 0 Å². The van der Waals surface area contributed by atoms with Crippen LogP contribution in [0.15, 0.2) is 16.8 Å². The second-order valence-corrected chi connectivity index (χ2v) is 5.68. The van der Waals surface area contributed by atoms with Gasteiger partial charge in [-0.25, -0.2) is 0 Å². The maximum Gasteiger partial charge on any atom is 0.00798 e. The van der Waals surface area contributed by atoms with Gasteiger partial charge in [-0.05, 0) is 74.3 Å². The zero-order valence-electron chi connectivity index (χ0n) is 10.8. The topological polar surface area (TPSA) is 15.3 Å². The summed E-state index contributed by atoms with van der Waals surface area (Å²) in [5.74, 6) is 0. The first-order chi connectivity index (χ1) is 8.38. The first-order valence-electron chi connectivity index (χ1n) is 6.85. The van der Waals surface area contributed by atoms with Gasteiger partial charge in [-0.1, -0.05) is 6.92 Å². The fourth-order valence-corrected chi connectivity index (χ4v) is 3.23. The molecule has 1 aromatic rings. The van der Waals surface area contributed by atoms with Gasteiger partial charge in [0.2, 0.25) is 0 Å². The van der Waals surface area contributed by atoms with E-state index in [1.807, 2.05) is 0 Å². The maximum atomic E-state index is 3.72. The lowest BCUT2D eigenvalue weighted by atomic mass is 10.1. The molecule has 3 heteroatoms. The first-order valence-corrected chi connectivity index (χ1v) is 7.79. The van der Waals surface area contributed by atoms with Gasteiger partial charge in [0, 0.05) is 6.04 Å². The maximum absolute atomic E-state index is 3.72. The Hall–Kier alpha value is -0.380. The highest BCUT2D eigenvalue weighted by Crippen LogP contribution is 2.11. The predicted molar refractivity (Wildman–Crippen MR) is 75.8 cm³/mol. The number of nitrogens with zero attached hydrogens (tertiary/aromatic N) is 1. The molecule has 2 heterocycles. The van der Waals surface area contributed by atoms with E-state index in [0.29, 0.717) is 0 Å². The molecule has 0 bridgehead atoms. The molecule has 2 rings (SSSR count). The molecule has 1 aliphatic heterocycles. The van der Waals surface area contributed by atoms with E-state index in [4.69, 9.17) is 0 Å². The minimum Gasteiger partial charge on any atom is -0.314 e. The third-order valence-corrected chi connectivity index (χ3v) is 4.43. The summed E-state index contributed by atoms with van der Waals surface area (Å²) >= 11 is 1.80. The molecule has 1 aliphatic rings. The SMILES string of the molecule is CCN1CCCC(NCCc2ccsc2)CC1. The second kappa shape index (κ2) is 7.14. The van der Waals surface area contributed by atoms with Crippen LogP contribution in [0, 0.1) is 0 Å². The average Bonchev–Trinajstić information content (AvgIpc) is 2.75. The van der Waals surface area contributed by atoms with Crippen LogP contribution in [0.1, 0.15) is 31.7 Å². The highest BCUT2D eigenvalue weighted by Gasteiger charge is 2.14. The Kier molecular flexibility index (Phi) is 5.49. The van der Waals surface area contributed by atoms with Gasteiger partial charge in [-0.2, -0.15) is 11.3 Å². The minimum absolute atomic E-state index is 0.741. The van der Waals surface area contributed by atoms with Gasteiger partial charge in [0.25, 0.3) is 0 Å². The largest absolute Gasteiger partial charge is 0.314 e.